The van der Waals surface area contributed by atoms with E-state index in [1.165, 1.54) is 4.68 Å². The van der Waals surface area contributed by atoms with Crippen LogP contribution in [0.5, 0.6) is 0 Å². The summed E-state index contributed by atoms with van der Waals surface area (Å²) in [6, 6.07) is 0. The molecule has 0 spiro atoms. The highest BCUT2D eigenvalue weighted by molar-refractivity contribution is 5.00. The Hall–Kier alpha value is -1.69. The van der Waals surface area contributed by atoms with Gasteiger partial charge in [-0.1, -0.05) is 6.08 Å². The summed E-state index contributed by atoms with van der Waals surface area (Å²) < 4.78 is 6.54. The van der Waals surface area contributed by atoms with Gasteiger partial charge in [0.25, 0.3) is 5.56 Å². The van der Waals surface area contributed by atoms with Crippen molar-refractivity contribution in [1.29, 1.82) is 0 Å². The van der Waals surface area contributed by atoms with Gasteiger partial charge in [-0.2, -0.15) is 5.10 Å². The van der Waals surface area contributed by atoms with E-state index in [1.807, 2.05) is 0 Å². The van der Waals surface area contributed by atoms with Crippen molar-refractivity contribution in [3.05, 3.63) is 39.2 Å². The van der Waals surface area contributed by atoms with Gasteiger partial charge >= 0.3 is 5.69 Å². The zero-order valence-corrected chi connectivity index (χ0v) is 8.81. The minimum atomic E-state index is -0.522. The molecule has 1 aromatic heterocycles. The van der Waals surface area contributed by atoms with Crippen molar-refractivity contribution in [1.82, 2.24) is 14.8 Å². The highest BCUT2D eigenvalue weighted by atomic mass is 16.5. The Labute approximate surface area is 91.6 Å². The zero-order chi connectivity index (χ0) is 11.5. The van der Waals surface area contributed by atoms with Crippen molar-refractivity contribution in [2.45, 2.75) is 25.5 Å². The summed E-state index contributed by atoms with van der Waals surface area (Å²) in [5.74, 6) is 0. The number of rotatable bonds is 3. The second-order valence-corrected chi connectivity index (χ2v) is 3.62. The SMILES string of the molecule is C=CCn1nc(C2CCCO2)c(=O)[nH]c1=O. The molecule has 1 aromatic rings. The molecule has 1 aliphatic heterocycles. The van der Waals surface area contributed by atoms with Crippen molar-refractivity contribution < 1.29 is 4.74 Å². The van der Waals surface area contributed by atoms with Crippen molar-refractivity contribution in [2.75, 3.05) is 6.61 Å². The number of nitrogens with zero attached hydrogens (tertiary/aromatic N) is 2. The van der Waals surface area contributed by atoms with E-state index >= 15 is 0 Å². The van der Waals surface area contributed by atoms with Gasteiger partial charge < -0.3 is 4.74 Å². The lowest BCUT2D eigenvalue weighted by atomic mass is 10.2. The molecule has 0 saturated carbocycles. The summed E-state index contributed by atoms with van der Waals surface area (Å²) in [7, 11) is 0. The van der Waals surface area contributed by atoms with Crippen molar-refractivity contribution in [3.63, 3.8) is 0 Å². The maximum absolute atomic E-state index is 11.5. The standard InChI is InChI=1S/C10H13N3O3/c1-2-5-13-10(15)11-9(14)8(12-13)7-4-3-6-16-7/h2,7H,1,3-6H2,(H,11,14,15). The zero-order valence-electron chi connectivity index (χ0n) is 8.81. The van der Waals surface area contributed by atoms with Crippen LogP contribution in [0, 0.1) is 0 Å². The average molecular weight is 223 g/mol. The van der Waals surface area contributed by atoms with Gasteiger partial charge in [0.1, 0.15) is 6.10 Å². The van der Waals surface area contributed by atoms with E-state index in [4.69, 9.17) is 4.74 Å². The highest BCUT2D eigenvalue weighted by Crippen LogP contribution is 2.24. The fraction of sp³-hybridized carbons (Fsp3) is 0.500. The summed E-state index contributed by atoms with van der Waals surface area (Å²) in [6.07, 6.45) is 2.93. The minimum absolute atomic E-state index is 0.273. The Bertz CT molecular complexity index is 497. The maximum Gasteiger partial charge on any atom is 0.345 e. The summed E-state index contributed by atoms with van der Waals surface area (Å²) in [5, 5.41) is 4.01. The molecule has 1 fully saturated rings. The fourth-order valence-electron chi connectivity index (χ4n) is 1.70. The van der Waals surface area contributed by atoms with Crippen LogP contribution in [0.3, 0.4) is 0 Å². The lowest BCUT2D eigenvalue weighted by Crippen LogP contribution is -2.35. The van der Waals surface area contributed by atoms with Crippen LogP contribution < -0.4 is 11.2 Å². The molecule has 86 valence electrons. The van der Waals surface area contributed by atoms with Crippen LogP contribution in [0.4, 0.5) is 0 Å². The van der Waals surface area contributed by atoms with E-state index in [0.717, 1.165) is 12.8 Å². The predicted molar refractivity (Wildman–Crippen MR) is 57.2 cm³/mol. The summed E-state index contributed by atoms with van der Waals surface area (Å²) in [4.78, 5) is 25.1. The second-order valence-electron chi connectivity index (χ2n) is 3.62. The number of hydrogen-bond donors (Lipinski definition) is 1. The molecule has 0 aromatic carbocycles. The van der Waals surface area contributed by atoms with Crippen LogP contribution in [0.25, 0.3) is 0 Å². The molecule has 2 rings (SSSR count). The third-order valence-electron chi connectivity index (χ3n) is 2.45. The van der Waals surface area contributed by atoms with Gasteiger partial charge in [0.05, 0.1) is 6.54 Å². The molecule has 1 saturated heterocycles. The second kappa shape index (κ2) is 4.44. The number of hydrogen-bond acceptors (Lipinski definition) is 4. The summed E-state index contributed by atoms with van der Waals surface area (Å²) in [5.41, 5.74) is -0.706. The summed E-state index contributed by atoms with van der Waals surface area (Å²) >= 11 is 0. The third kappa shape index (κ3) is 1.96. The number of aromatic amines is 1. The molecular formula is C10H13N3O3. The van der Waals surface area contributed by atoms with Gasteiger partial charge in [0, 0.05) is 6.61 Å². The molecule has 1 unspecified atom stereocenters. The van der Waals surface area contributed by atoms with Gasteiger partial charge in [-0.15, -0.1) is 6.58 Å². The topological polar surface area (TPSA) is 77.0 Å². The third-order valence-corrected chi connectivity index (χ3v) is 2.45. The Morgan fingerprint density at radius 1 is 1.62 bits per heavy atom. The molecule has 2 heterocycles. The Balaban J connectivity index is 2.44. The first-order valence-electron chi connectivity index (χ1n) is 5.16. The van der Waals surface area contributed by atoms with Gasteiger partial charge in [0.2, 0.25) is 0 Å². The van der Waals surface area contributed by atoms with E-state index in [-0.39, 0.29) is 18.3 Å². The van der Waals surface area contributed by atoms with E-state index in [9.17, 15) is 9.59 Å². The number of aromatic nitrogens is 3. The van der Waals surface area contributed by atoms with Gasteiger partial charge in [-0.05, 0) is 12.8 Å². The number of nitrogens with one attached hydrogen (secondary N) is 1. The van der Waals surface area contributed by atoms with Crippen LogP contribution in [-0.4, -0.2) is 21.4 Å². The first kappa shape index (κ1) is 10.8. The molecule has 0 radical (unpaired) electrons. The maximum atomic E-state index is 11.5. The number of ether oxygens (including phenoxy) is 1. The molecule has 0 amide bonds. The molecule has 1 aliphatic rings. The molecule has 16 heavy (non-hydrogen) atoms. The molecule has 6 nitrogen and oxygen atoms in total. The van der Waals surface area contributed by atoms with Crippen LogP contribution in [-0.2, 0) is 11.3 Å². The Kier molecular flexibility index (Phi) is 3.00. The first-order chi connectivity index (χ1) is 7.72. The number of allylic oxidation sites excluding steroid dienone is 1. The molecule has 0 bridgehead atoms. The molecule has 1 N–H and O–H groups in total. The smallest absolute Gasteiger partial charge is 0.345 e. The van der Waals surface area contributed by atoms with E-state index in [0.29, 0.717) is 6.61 Å². The largest absolute Gasteiger partial charge is 0.372 e. The van der Waals surface area contributed by atoms with Gasteiger partial charge in [0.15, 0.2) is 5.69 Å². The molecule has 6 heteroatoms. The highest BCUT2D eigenvalue weighted by Gasteiger charge is 2.23. The predicted octanol–water partition coefficient (Wildman–Crippen LogP) is -0.0309. The van der Waals surface area contributed by atoms with Crippen LogP contribution in [0.15, 0.2) is 22.2 Å². The lowest BCUT2D eigenvalue weighted by Gasteiger charge is -2.08. The average Bonchev–Trinajstić information content (AvgIpc) is 2.75. The van der Waals surface area contributed by atoms with Crippen LogP contribution >= 0.6 is 0 Å². The Morgan fingerprint density at radius 3 is 3.06 bits per heavy atom. The lowest BCUT2D eigenvalue weighted by molar-refractivity contribution is 0.105. The fourth-order valence-corrected chi connectivity index (χ4v) is 1.70. The quantitative estimate of drug-likeness (QED) is 0.730. The van der Waals surface area contributed by atoms with Gasteiger partial charge in [-0.25, -0.2) is 9.48 Å². The molecular weight excluding hydrogens is 210 g/mol. The van der Waals surface area contributed by atoms with Crippen LogP contribution in [0.2, 0.25) is 0 Å². The molecule has 0 aliphatic carbocycles. The van der Waals surface area contributed by atoms with Crippen molar-refractivity contribution >= 4 is 0 Å². The van der Waals surface area contributed by atoms with E-state index in [2.05, 4.69) is 16.7 Å². The summed E-state index contributed by atoms with van der Waals surface area (Å²) in [6.45, 7) is 4.43. The van der Waals surface area contributed by atoms with Crippen molar-refractivity contribution in [3.8, 4) is 0 Å². The van der Waals surface area contributed by atoms with Crippen LogP contribution in [0.1, 0.15) is 24.6 Å². The molecule has 1 atom stereocenters. The van der Waals surface area contributed by atoms with E-state index < -0.39 is 11.2 Å². The normalized spacial score (nSPS) is 19.9. The van der Waals surface area contributed by atoms with Crippen molar-refractivity contribution in [2.24, 2.45) is 0 Å². The number of H-pyrrole nitrogens is 1. The minimum Gasteiger partial charge on any atom is -0.372 e. The van der Waals surface area contributed by atoms with E-state index in [1.54, 1.807) is 6.08 Å². The monoisotopic (exact) mass is 223 g/mol. The van der Waals surface area contributed by atoms with Gasteiger partial charge in [-0.3, -0.25) is 9.78 Å². The first-order valence-corrected chi connectivity index (χ1v) is 5.16. The Morgan fingerprint density at radius 2 is 2.44 bits per heavy atom.